The van der Waals surface area contributed by atoms with Crippen LogP contribution in [-0.4, -0.2) is 66.4 Å². The Labute approximate surface area is 164 Å². The van der Waals surface area contributed by atoms with Crippen LogP contribution >= 0.6 is 0 Å². The molecule has 0 spiro atoms. The highest BCUT2D eigenvalue weighted by atomic mass is 19.1. The Morgan fingerprint density at radius 1 is 1.31 bits per heavy atom. The maximum absolute atomic E-state index is 13.1. The number of nitrogens with one attached hydrogen (secondary N) is 1. The molecule has 4 atom stereocenters. The first kappa shape index (κ1) is 19.5. The second kappa shape index (κ2) is 7.19. The normalized spacial score (nSPS) is 26.8. The van der Waals surface area contributed by atoms with Gasteiger partial charge in [-0.2, -0.15) is 9.97 Å². The number of halogens is 1. The number of rotatable bonds is 5. The molecule has 1 aromatic carbocycles. The van der Waals surface area contributed by atoms with Crippen LogP contribution in [0, 0.1) is 5.82 Å². The molecular weight excluding hydrogens is 385 g/mol. The highest BCUT2D eigenvalue weighted by Gasteiger charge is 2.53. The van der Waals surface area contributed by atoms with Crippen LogP contribution in [0.25, 0.3) is 11.2 Å². The number of ether oxygens (including phenoxy) is 2. The van der Waals surface area contributed by atoms with Crippen molar-refractivity contribution in [3.63, 3.8) is 0 Å². The maximum atomic E-state index is 13.1. The van der Waals surface area contributed by atoms with Crippen molar-refractivity contribution in [1.82, 2.24) is 19.5 Å². The zero-order valence-electron chi connectivity index (χ0n) is 15.7. The molecule has 0 unspecified atom stereocenters. The van der Waals surface area contributed by atoms with E-state index in [-0.39, 0.29) is 23.3 Å². The summed E-state index contributed by atoms with van der Waals surface area (Å²) in [6, 6.07) is 5.64. The average Bonchev–Trinajstić information content (AvgIpc) is 3.22. The van der Waals surface area contributed by atoms with Gasteiger partial charge in [0.25, 0.3) is 0 Å². The van der Waals surface area contributed by atoms with Crippen molar-refractivity contribution in [2.75, 3.05) is 19.0 Å². The van der Waals surface area contributed by atoms with E-state index < -0.39 is 30.6 Å². The fraction of sp³-hybridized carbons (Fsp3) is 0.389. The van der Waals surface area contributed by atoms with Gasteiger partial charge >= 0.3 is 0 Å². The van der Waals surface area contributed by atoms with E-state index in [0.29, 0.717) is 11.2 Å². The van der Waals surface area contributed by atoms with Crippen LogP contribution in [0.1, 0.15) is 13.2 Å². The fourth-order valence-corrected chi connectivity index (χ4v) is 3.31. The minimum atomic E-state index is -1.70. The topological polar surface area (TPSA) is 135 Å². The number of aliphatic hydroxyl groups excluding tert-OH is 2. The quantitative estimate of drug-likeness (QED) is 0.484. The number of imidazole rings is 1. The SMILES string of the molecule is COc1nc(Nc2ccc(F)cc2)nc2c1ncn2[C@@H]1O[C@H](CO)[C@@H](O)[C@@]1(C)O. The first-order chi connectivity index (χ1) is 13.8. The Bertz CT molecular complexity index is 1030. The van der Waals surface area contributed by atoms with Gasteiger partial charge in [-0.15, -0.1) is 0 Å². The zero-order valence-corrected chi connectivity index (χ0v) is 15.7. The Kier molecular flexibility index (Phi) is 4.82. The van der Waals surface area contributed by atoms with E-state index in [4.69, 9.17) is 9.47 Å². The van der Waals surface area contributed by atoms with Gasteiger partial charge in [0.1, 0.15) is 23.6 Å². The van der Waals surface area contributed by atoms with Gasteiger partial charge in [0.05, 0.1) is 20.0 Å². The van der Waals surface area contributed by atoms with Crippen molar-refractivity contribution < 1.29 is 29.2 Å². The summed E-state index contributed by atoms with van der Waals surface area (Å²) in [5.41, 5.74) is -0.557. The first-order valence-corrected chi connectivity index (χ1v) is 8.83. The molecule has 0 bridgehead atoms. The van der Waals surface area contributed by atoms with E-state index in [0.717, 1.165) is 0 Å². The minimum absolute atomic E-state index is 0.152. The van der Waals surface area contributed by atoms with Gasteiger partial charge in [0.2, 0.25) is 11.8 Å². The summed E-state index contributed by atoms with van der Waals surface area (Å²) < 4.78 is 25.5. The standard InChI is InChI=1S/C18H20FN5O5/c1-18(27)13(26)11(7-25)29-16(18)24-8-20-12-14(24)22-17(23-15(12)28-2)21-10-5-3-9(19)4-6-10/h3-6,8,11,13,16,25-27H,7H2,1-2H3,(H,21,22,23)/t11-,13-,16-,18-/m1/s1. The van der Waals surface area contributed by atoms with Crippen molar-refractivity contribution >= 4 is 22.8 Å². The number of anilines is 2. The Hall–Kier alpha value is -2.86. The number of fused-ring (bicyclic) bond motifs is 1. The van der Waals surface area contributed by atoms with E-state index in [2.05, 4.69) is 20.3 Å². The van der Waals surface area contributed by atoms with Gasteiger partial charge in [-0.3, -0.25) is 4.57 Å². The molecule has 4 N–H and O–H groups in total. The molecule has 10 nitrogen and oxygen atoms in total. The summed E-state index contributed by atoms with van der Waals surface area (Å²) in [5, 5.41) is 33.4. The third-order valence-electron chi connectivity index (χ3n) is 4.87. The summed E-state index contributed by atoms with van der Waals surface area (Å²) in [5.74, 6) is -0.0463. The summed E-state index contributed by atoms with van der Waals surface area (Å²) in [6.45, 7) is 0.941. The third-order valence-corrected chi connectivity index (χ3v) is 4.87. The smallest absolute Gasteiger partial charge is 0.246 e. The highest BCUT2D eigenvalue weighted by molar-refractivity contribution is 5.78. The minimum Gasteiger partial charge on any atom is -0.479 e. The molecule has 1 aliphatic rings. The van der Waals surface area contributed by atoms with Gasteiger partial charge in [-0.1, -0.05) is 0 Å². The lowest BCUT2D eigenvalue weighted by molar-refractivity contribution is -0.0950. The monoisotopic (exact) mass is 405 g/mol. The third kappa shape index (κ3) is 3.27. The molecule has 1 saturated heterocycles. The lowest BCUT2D eigenvalue weighted by atomic mass is 9.96. The predicted octanol–water partition coefficient (Wildman–Crippen LogP) is 0.719. The largest absolute Gasteiger partial charge is 0.479 e. The zero-order chi connectivity index (χ0) is 20.8. The van der Waals surface area contributed by atoms with Crippen molar-refractivity contribution in [3.05, 3.63) is 36.4 Å². The number of aliphatic hydroxyl groups is 3. The lowest BCUT2D eigenvalue weighted by Gasteiger charge is -2.27. The molecule has 29 heavy (non-hydrogen) atoms. The second-order valence-electron chi connectivity index (χ2n) is 6.89. The molecule has 0 aliphatic carbocycles. The molecular formula is C18H20FN5O5. The molecule has 2 aromatic heterocycles. The van der Waals surface area contributed by atoms with Crippen molar-refractivity contribution in [1.29, 1.82) is 0 Å². The van der Waals surface area contributed by atoms with Gasteiger partial charge in [-0.05, 0) is 31.2 Å². The van der Waals surface area contributed by atoms with Gasteiger partial charge in [0, 0.05) is 5.69 Å². The Balaban J connectivity index is 1.77. The molecule has 1 fully saturated rings. The van der Waals surface area contributed by atoms with Gasteiger partial charge < -0.3 is 30.1 Å². The van der Waals surface area contributed by atoms with Crippen molar-refractivity contribution in [2.24, 2.45) is 0 Å². The van der Waals surface area contributed by atoms with Crippen LogP contribution in [0.2, 0.25) is 0 Å². The predicted molar refractivity (Wildman–Crippen MR) is 99.2 cm³/mol. The summed E-state index contributed by atoms with van der Waals surface area (Å²) in [6.07, 6.45) is -1.95. The first-order valence-electron chi connectivity index (χ1n) is 8.83. The van der Waals surface area contributed by atoms with E-state index in [1.807, 2.05) is 0 Å². The Morgan fingerprint density at radius 2 is 2.03 bits per heavy atom. The van der Waals surface area contributed by atoms with Crippen LogP contribution in [-0.2, 0) is 4.74 Å². The molecule has 3 heterocycles. The van der Waals surface area contributed by atoms with E-state index >= 15 is 0 Å². The summed E-state index contributed by atoms with van der Waals surface area (Å²) >= 11 is 0. The maximum Gasteiger partial charge on any atom is 0.246 e. The highest BCUT2D eigenvalue weighted by Crippen LogP contribution is 2.40. The van der Waals surface area contributed by atoms with E-state index in [1.54, 1.807) is 0 Å². The molecule has 11 heteroatoms. The van der Waals surface area contributed by atoms with Gasteiger partial charge in [-0.25, -0.2) is 9.37 Å². The summed E-state index contributed by atoms with van der Waals surface area (Å²) in [7, 11) is 1.43. The molecule has 1 aliphatic heterocycles. The molecule has 0 saturated carbocycles. The van der Waals surface area contributed by atoms with Crippen LogP contribution in [0.3, 0.4) is 0 Å². The molecule has 0 amide bonds. The number of benzene rings is 1. The van der Waals surface area contributed by atoms with Crippen LogP contribution in [0.15, 0.2) is 30.6 Å². The molecule has 3 aromatic rings. The summed E-state index contributed by atoms with van der Waals surface area (Å²) in [4.78, 5) is 12.9. The van der Waals surface area contributed by atoms with Crippen molar-refractivity contribution in [2.45, 2.75) is 31.0 Å². The molecule has 4 rings (SSSR count). The van der Waals surface area contributed by atoms with E-state index in [1.165, 1.54) is 49.2 Å². The molecule has 154 valence electrons. The number of nitrogens with zero attached hydrogens (tertiary/aromatic N) is 4. The van der Waals surface area contributed by atoms with Gasteiger partial charge in [0.15, 0.2) is 17.4 Å². The molecule has 0 radical (unpaired) electrons. The van der Waals surface area contributed by atoms with Crippen LogP contribution in [0.5, 0.6) is 5.88 Å². The van der Waals surface area contributed by atoms with Crippen LogP contribution < -0.4 is 10.1 Å². The van der Waals surface area contributed by atoms with Crippen molar-refractivity contribution in [3.8, 4) is 5.88 Å². The van der Waals surface area contributed by atoms with Crippen LogP contribution in [0.4, 0.5) is 16.0 Å². The fourth-order valence-electron chi connectivity index (χ4n) is 3.31. The lowest BCUT2D eigenvalue weighted by Crippen LogP contribution is -2.44. The van der Waals surface area contributed by atoms with E-state index in [9.17, 15) is 19.7 Å². The Morgan fingerprint density at radius 3 is 2.66 bits per heavy atom. The second-order valence-corrected chi connectivity index (χ2v) is 6.89. The number of aromatic nitrogens is 4. The average molecular weight is 405 g/mol. The number of hydrogen-bond acceptors (Lipinski definition) is 9. The number of methoxy groups -OCH3 is 1. The number of hydrogen-bond donors (Lipinski definition) is 4.